The first-order valence-electron chi connectivity index (χ1n) is 10.3. The number of aryl methyl sites for hydroxylation is 2. The van der Waals surface area contributed by atoms with Crippen molar-refractivity contribution >= 4 is 0 Å². The Morgan fingerprint density at radius 2 is 2.00 bits per heavy atom. The van der Waals surface area contributed by atoms with Crippen LogP contribution in [0.15, 0.2) is 22.7 Å². The number of rotatable bonds is 10. The highest BCUT2D eigenvalue weighted by molar-refractivity contribution is 5.41. The normalized spacial score (nSPS) is 15.8. The van der Waals surface area contributed by atoms with Gasteiger partial charge in [-0.3, -0.25) is 4.90 Å². The van der Waals surface area contributed by atoms with Gasteiger partial charge in [0, 0.05) is 36.8 Å². The van der Waals surface area contributed by atoms with Crippen LogP contribution >= 0.6 is 0 Å². The highest BCUT2D eigenvalue weighted by Gasteiger charge is 2.18. The number of benzene rings is 1. The third-order valence-electron chi connectivity index (χ3n) is 5.42. The summed E-state index contributed by atoms with van der Waals surface area (Å²) in [5, 5.41) is 14.4. The molecule has 7 heteroatoms. The second kappa shape index (κ2) is 10.1. The summed E-state index contributed by atoms with van der Waals surface area (Å²) in [7, 11) is 3.70. The van der Waals surface area contributed by atoms with Gasteiger partial charge in [0.1, 0.15) is 30.0 Å². The van der Waals surface area contributed by atoms with E-state index in [2.05, 4.69) is 22.0 Å². The molecule has 1 aromatic carbocycles. The molecule has 0 unspecified atom stereocenters. The maximum absolute atomic E-state index is 10.4. The van der Waals surface area contributed by atoms with E-state index < -0.39 is 6.10 Å². The summed E-state index contributed by atoms with van der Waals surface area (Å²) in [6, 6.07) is 5.85. The van der Waals surface area contributed by atoms with Crippen LogP contribution in [0.25, 0.3) is 0 Å². The van der Waals surface area contributed by atoms with Crippen LogP contribution in [-0.4, -0.2) is 66.6 Å². The lowest BCUT2D eigenvalue weighted by Gasteiger charge is -2.22. The van der Waals surface area contributed by atoms with E-state index in [1.165, 1.54) is 12.8 Å². The zero-order valence-corrected chi connectivity index (χ0v) is 18.0. The predicted octanol–water partition coefficient (Wildman–Crippen LogP) is 2.77. The summed E-state index contributed by atoms with van der Waals surface area (Å²) in [5.41, 5.74) is 3.09. The molecule has 1 fully saturated rings. The summed E-state index contributed by atoms with van der Waals surface area (Å²) in [6.45, 7) is 8.39. The van der Waals surface area contributed by atoms with Crippen molar-refractivity contribution in [3.05, 3.63) is 40.8 Å². The number of methoxy groups -OCH3 is 1. The summed E-state index contributed by atoms with van der Waals surface area (Å²) in [5.74, 6) is 2.34. The minimum absolute atomic E-state index is 0.268. The van der Waals surface area contributed by atoms with Gasteiger partial charge in [0.25, 0.3) is 0 Å². The standard InChI is InChI=1S/C22H33N3O4/c1-16-21(17(2)29-23-16)14-24(3)12-18-7-8-20(27-4)11-22(18)28-15-19(26)13-25-9-5-6-10-25/h7-8,11,19,26H,5-6,9-10,12-15H2,1-4H3/t19-/m1/s1. The maximum Gasteiger partial charge on any atom is 0.138 e. The summed E-state index contributed by atoms with van der Waals surface area (Å²) in [4.78, 5) is 4.49. The second-order valence-corrected chi connectivity index (χ2v) is 7.92. The van der Waals surface area contributed by atoms with Gasteiger partial charge in [0.05, 0.1) is 12.8 Å². The largest absolute Gasteiger partial charge is 0.497 e. The summed E-state index contributed by atoms with van der Waals surface area (Å²) < 4.78 is 16.7. The molecule has 1 atom stereocenters. The Kier molecular flexibility index (Phi) is 7.52. The molecule has 1 aromatic heterocycles. The zero-order chi connectivity index (χ0) is 20.8. The Bertz CT molecular complexity index is 767. The average Bonchev–Trinajstić information content (AvgIpc) is 3.32. The van der Waals surface area contributed by atoms with Crippen LogP contribution in [0.4, 0.5) is 0 Å². The van der Waals surface area contributed by atoms with E-state index in [1.54, 1.807) is 7.11 Å². The van der Waals surface area contributed by atoms with Crippen molar-refractivity contribution in [2.75, 3.05) is 40.4 Å². The fourth-order valence-corrected chi connectivity index (χ4v) is 3.77. The van der Waals surface area contributed by atoms with Crippen molar-refractivity contribution in [1.29, 1.82) is 0 Å². The molecule has 1 aliphatic heterocycles. The number of hydrogen-bond donors (Lipinski definition) is 1. The summed E-state index contributed by atoms with van der Waals surface area (Å²) >= 11 is 0. The van der Waals surface area contributed by atoms with Gasteiger partial charge in [-0.15, -0.1) is 0 Å². The molecule has 0 aliphatic carbocycles. The third-order valence-corrected chi connectivity index (χ3v) is 5.42. The van der Waals surface area contributed by atoms with E-state index in [0.717, 1.165) is 53.7 Å². The maximum atomic E-state index is 10.4. The van der Waals surface area contributed by atoms with Crippen LogP contribution in [0.1, 0.15) is 35.4 Å². The molecule has 0 radical (unpaired) electrons. The molecule has 7 nitrogen and oxygen atoms in total. The lowest BCUT2D eigenvalue weighted by atomic mass is 10.1. The highest BCUT2D eigenvalue weighted by atomic mass is 16.5. The van der Waals surface area contributed by atoms with Crippen LogP contribution in [-0.2, 0) is 13.1 Å². The quantitative estimate of drug-likeness (QED) is 0.654. The number of aliphatic hydroxyl groups excluding tert-OH is 1. The molecule has 0 amide bonds. The van der Waals surface area contributed by atoms with Crippen LogP contribution in [0.5, 0.6) is 11.5 Å². The predicted molar refractivity (Wildman–Crippen MR) is 111 cm³/mol. The number of aliphatic hydroxyl groups is 1. The van der Waals surface area contributed by atoms with Crippen molar-refractivity contribution in [3.63, 3.8) is 0 Å². The SMILES string of the molecule is COc1ccc(CN(C)Cc2c(C)noc2C)c(OC[C@H](O)CN2CCCC2)c1. The number of ether oxygens (including phenoxy) is 2. The Morgan fingerprint density at radius 1 is 1.24 bits per heavy atom. The van der Waals surface area contributed by atoms with E-state index in [1.807, 2.05) is 32.0 Å². The van der Waals surface area contributed by atoms with Gasteiger partial charge in [-0.1, -0.05) is 11.2 Å². The molecule has 3 rings (SSSR count). The molecule has 1 aliphatic rings. The fourth-order valence-electron chi connectivity index (χ4n) is 3.77. The number of nitrogens with zero attached hydrogens (tertiary/aromatic N) is 3. The average molecular weight is 404 g/mol. The molecule has 29 heavy (non-hydrogen) atoms. The molecule has 160 valence electrons. The van der Waals surface area contributed by atoms with Crippen molar-refractivity contribution in [3.8, 4) is 11.5 Å². The van der Waals surface area contributed by atoms with Gasteiger partial charge in [0.15, 0.2) is 0 Å². The molecular formula is C22H33N3O4. The fraction of sp³-hybridized carbons (Fsp3) is 0.591. The lowest BCUT2D eigenvalue weighted by molar-refractivity contribution is 0.0750. The van der Waals surface area contributed by atoms with E-state index >= 15 is 0 Å². The first-order chi connectivity index (χ1) is 14.0. The first-order valence-corrected chi connectivity index (χ1v) is 10.3. The Hall–Kier alpha value is -2.09. The molecule has 2 aromatic rings. The highest BCUT2D eigenvalue weighted by Crippen LogP contribution is 2.27. The van der Waals surface area contributed by atoms with E-state index in [0.29, 0.717) is 13.1 Å². The van der Waals surface area contributed by atoms with Crippen molar-refractivity contribution in [1.82, 2.24) is 15.0 Å². The molecule has 2 heterocycles. The molecule has 1 saturated heterocycles. The molecule has 0 bridgehead atoms. The van der Waals surface area contributed by atoms with Gasteiger partial charge in [0.2, 0.25) is 0 Å². The van der Waals surface area contributed by atoms with Gasteiger partial charge < -0.3 is 24.0 Å². The smallest absolute Gasteiger partial charge is 0.138 e. The zero-order valence-electron chi connectivity index (χ0n) is 18.0. The summed E-state index contributed by atoms with van der Waals surface area (Å²) in [6.07, 6.45) is 1.92. The minimum Gasteiger partial charge on any atom is -0.497 e. The molecule has 0 saturated carbocycles. The van der Waals surface area contributed by atoms with E-state index in [4.69, 9.17) is 14.0 Å². The van der Waals surface area contributed by atoms with Crippen LogP contribution in [0, 0.1) is 13.8 Å². The van der Waals surface area contributed by atoms with Crippen LogP contribution in [0.3, 0.4) is 0 Å². The van der Waals surface area contributed by atoms with Crippen molar-refractivity contribution in [2.45, 2.75) is 45.9 Å². The lowest BCUT2D eigenvalue weighted by Crippen LogP contribution is -2.33. The number of hydrogen-bond acceptors (Lipinski definition) is 7. The van der Waals surface area contributed by atoms with Crippen LogP contribution in [0.2, 0.25) is 0 Å². The van der Waals surface area contributed by atoms with Crippen molar-refractivity contribution < 1.29 is 19.1 Å². The number of likely N-dealkylation sites (tertiary alicyclic amines) is 1. The molecule has 0 spiro atoms. The van der Waals surface area contributed by atoms with E-state index in [-0.39, 0.29) is 6.61 Å². The second-order valence-electron chi connectivity index (χ2n) is 7.92. The monoisotopic (exact) mass is 403 g/mol. The molecule has 1 N–H and O–H groups in total. The van der Waals surface area contributed by atoms with E-state index in [9.17, 15) is 5.11 Å². The van der Waals surface area contributed by atoms with Gasteiger partial charge in [-0.05, 0) is 52.9 Å². The Balaban J connectivity index is 1.63. The topological polar surface area (TPSA) is 71.2 Å². The van der Waals surface area contributed by atoms with Gasteiger partial charge in [-0.25, -0.2) is 0 Å². The molecular weight excluding hydrogens is 370 g/mol. The van der Waals surface area contributed by atoms with Gasteiger partial charge in [-0.2, -0.15) is 0 Å². The minimum atomic E-state index is -0.507. The van der Waals surface area contributed by atoms with Crippen molar-refractivity contribution in [2.24, 2.45) is 0 Å². The van der Waals surface area contributed by atoms with Gasteiger partial charge >= 0.3 is 0 Å². The number of β-amino-alcohol motifs (C(OH)–C–C–N with tert-alkyl or cyclic N) is 1. The van der Waals surface area contributed by atoms with Crippen LogP contribution < -0.4 is 9.47 Å². The first kappa shape index (κ1) is 21.6. The Labute approximate surface area is 173 Å². The Morgan fingerprint density at radius 3 is 2.66 bits per heavy atom. The third kappa shape index (κ3) is 5.95. The number of aromatic nitrogens is 1.